The Hall–Kier alpha value is -1.82. The molecule has 20 heavy (non-hydrogen) atoms. The average molecular weight is 291 g/mol. The van der Waals surface area contributed by atoms with Crippen LogP contribution in [0.25, 0.3) is 0 Å². The molecule has 0 spiro atoms. The second-order valence-electron chi connectivity index (χ2n) is 4.13. The number of carbonyl (C=O) groups is 1. The molecule has 0 unspecified atom stereocenters. The van der Waals surface area contributed by atoms with Gasteiger partial charge in [0, 0.05) is 16.0 Å². The summed E-state index contributed by atoms with van der Waals surface area (Å²) >= 11 is 5.75. The fourth-order valence-electron chi connectivity index (χ4n) is 1.69. The molecule has 2 aromatic rings. The van der Waals surface area contributed by atoms with E-state index in [1.807, 2.05) is 0 Å². The van der Waals surface area contributed by atoms with Crippen LogP contribution in [-0.4, -0.2) is 29.6 Å². The highest BCUT2D eigenvalue weighted by atomic mass is 35.5. The summed E-state index contributed by atoms with van der Waals surface area (Å²) in [5.74, 6) is 0.0497. The van der Waals surface area contributed by atoms with Crippen molar-refractivity contribution in [3.05, 3.63) is 59.1 Å². The zero-order valence-electron chi connectivity index (χ0n) is 10.5. The Balaban J connectivity index is 2.05. The van der Waals surface area contributed by atoms with Gasteiger partial charge in [-0.1, -0.05) is 29.8 Å². The Labute approximate surface area is 121 Å². The molecular weight excluding hydrogens is 278 g/mol. The van der Waals surface area contributed by atoms with Gasteiger partial charge < -0.3 is 14.8 Å². The Bertz CT molecular complexity index is 598. The number of hydrogen-bond acceptors (Lipinski definition) is 4. The van der Waals surface area contributed by atoms with E-state index in [0.29, 0.717) is 10.6 Å². The molecule has 0 aromatic heterocycles. The fourth-order valence-corrected chi connectivity index (χ4v) is 1.81. The van der Waals surface area contributed by atoms with Gasteiger partial charge in [-0.15, -0.1) is 0 Å². The van der Waals surface area contributed by atoms with Crippen LogP contribution in [-0.2, 0) is 0 Å². The van der Waals surface area contributed by atoms with Crippen LogP contribution in [0.15, 0.2) is 48.5 Å². The third kappa shape index (κ3) is 3.60. The first-order valence-electron chi connectivity index (χ1n) is 5.94. The molecule has 0 atom stereocenters. The summed E-state index contributed by atoms with van der Waals surface area (Å²) < 4.78 is 5.34. The van der Waals surface area contributed by atoms with Crippen LogP contribution >= 0.6 is 11.6 Å². The molecule has 0 amide bonds. The highest BCUT2D eigenvalue weighted by Crippen LogP contribution is 2.11. The monoisotopic (exact) mass is 290 g/mol. The van der Waals surface area contributed by atoms with Gasteiger partial charge in [-0.3, -0.25) is 4.79 Å². The van der Waals surface area contributed by atoms with Gasteiger partial charge in [0.2, 0.25) is 0 Å². The number of Topliss-reactive ketones (excluding diaryl/α,β-unsaturated/α-hetero) is 1. The van der Waals surface area contributed by atoms with Gasteiger partial charge in [-0.05, 0) is 30.3 Å². The number of carbonyl (C=O) groups excluding carboxylic acids is 1. The average Bonchev–Trinajstić information content (AvgIpc) is 2.45. The van der Waals surface area contributed by atoms with Crippen LogP contribution < -0.4 is 10.2 Å². The van der Waals surface area contributed by atoms with Gasteiger partial charge in [-0.2, -0.15) is 0 Å². The van der Waals surface area contributed by atoms with Crippen LogP contribution in [0, 0.1) is 0 Å². The molecule has 0 aliphatic carbocycles. The summed E-state index contributed by atoms with van der Waals surface area (Å²) in [5.41, 5.74) is 0.702. The predicted octanol–water partition coefficient (Wildman–Crippen LogP) is 1.28. The van der Waals surface area contributed by atoms with Gasteiger partial charge in [-0.25, -0.2) is 0 Å². The van der Waals surface area contributed by atoms with Crippen molar-refractivity contribution in [1.29, 1.82) is 0 Å². The summed E-state index contributed by atoms with van der Waals surface area (Å²) in [6, 6.07) is 12.9. The van der Waals surface area contributed by atoms with E-state index in [0.717, 1.165) is 0 Å². The number of halogens is 1. The molecule has 0 aliphatic rings. The van der Waals surface area contributed by atoms with Crippen molar-refractivity contribution < 1.29 is 19.6 Å². The molecular formula is C14H12BClO4. The van der Waals surface area contributed by atoms with Crippen LogP contribution in [0.3, 0.4) is 0 Å². The van der Waals surface area contributed by atoms with E-state index in [2.05, 4.69) is 0 Å². The zero-order valence-corrected chi connectivity index (χ0v) is 11.2. The van der Waals surface area contributed by atoms with Crippen LogP contribution in [0.2, 0.25) is 5.02 Å². The van der Waals surface area contributed by atoms with Crippen molar-refractivity contribution in [2.24, 2.45) is 0 Å². The molecule has 102 valence electrons. The Kier molecular flexibility index (Phi) is 4.79. The Morgan fingerprint density at radius 3 is 2.40 bits per heavy atom. The number of ketones is 1. The first-order chi connectivity index (χ1) is 9.58. The number of para-hydroxylation sites is 1. The van der Waals surface area contributed by atoms with Crippen molar-refractivity contribution in [2.45, 2.75) is 0 Å². The van der Waals surface area contributed by atoms with E-state index in [1.165, 1.54) is 6.07 Å². The van der Waals surface area contributed by atoms with Crippen molar-refractivity contribution >= 4 is 30.0 Å². The third-order valence-electron chi connectivity index (χ3n) is 2.72. The lowest BCUT2D eigenvalue weighted by Gasteiger charge is -2.10. The molecule has 2 rings (SSSR count). The first-order valence-corrected chi connectivity index (χ1v) is 6.32. The van der Waals surface area contributed by atoms with E-state index in [-0.39, 0.29) is 23.6 Å². The second-order valence-corrected chi connectivity index (χ2v) is 4.57. The molecule has 6 heteroatoms. The quantitative estimate of drug-likeness (QED) is 0.643. The van der Waals surface area contributed by atoms with Gasteiger partial charge in [0.25, 0.3) is 0 Å². The molecule has 0 radical (unpaired) electrons. The minimum absolute atomic E-state index is 0.189. The summed E-state index contributed by atoms with van der Waals surface area (Å²) in [6.07, 6.45) is 0. The molecule has 0 aliphatic heterocycles. The molecule has 2 N–H and O–H groups in total. The molecule has 0 fully saturated rings. The van der Waals surface area contributed by atoms with Gasteiger partial charge in [0.05, 0.1) is 0 Å². The maximum Gasteiger partial charge on any atom is 0.492 e. The molecule has 0 saturated heterocycles. The van der Waals surface area contributed by atoms with Crippen molar-refractivity contribution in [3.63, 3.8) is 0 Å². The normalized spacial score (nSPS) is 10.2. The Morgan fingerprint density at radius 1 is 1.10 bits per heavy atom. The molecule has 0 saturated carbocycles. The molecule has 4 nitrogen and oxygen atoms in total. The lowest BCUT2D eigenvalue weighted by molar-refractivity contribution is 0.0922. The van der Waals surface area contributed by atoms with Crippen molar-refractivity contribution in [2.75, 3.05) is 6.61 Å². The maximum absolute atomic E-state index is 11.9. The summed E-state index contributed by atoms with van der Waals surface area (Å²) in [7, 11) is -1.64. The predicted molar refractivity (Wildman–Crippen MR) is 77.5 cm³/mol. The standard InChI is InChI=1S/C14H12BClO4/c16-11-7-5-10(6-8-11)13(17)9-20-14-4-2-1-3-12(14)15(18)19/h1-8,18-19H,9H2. The van der Waals surface area contributed by atoms with Crippen LogP contribution in [0.1, 0.15) is 10.4 Å². The number of rotatable bonds is 5. The fraction of sp³-hybridized carbons (Fsp3) is 0.0714. The zero-order chi connectivity index (χ0) is 14.5. The Morgan fingerprint density at radius 2 is 1.75 bits per heavy atom. The molecule has 0 bridgehead atoms. The van der Waals surface area contributed by atoms with E-state index < -0.39 is 7.12 Å². The largest absolute Gasteiger partial charge is 0.492 e. The third-order valence-corrected chi connectivity index (χ3v) is 2.97. The van der Waals surface area contributed by atoms with Crippen LogP contribution in [0.5, 0.6) is 5.75 Å². The maximum atomic E-state index is 11.9. The van der Waals surface area contributed by atoms with E-state index in [9.17, 15) is 14.8 Å². The minimum Gasteiger partial charge on any atom is -0.486 e. The summed E-state index contributed by atoms with van der Waals surface area (Å²) in [6.45, 7) is -0.189. The van der Waals surface area contributed by atoms with Crippen LogP contribution in [0.4, 0.5) is 0 Å². The lowest BCUT2D eigenvalue weighted by atomic mass is 9.79. The summed E-state index contributed by atoms with van der Waals surface area (Å²) in [5, 5.41) is 18.9. The van der Waals surface area contributed by atoms with E-state index in [4.69, 9.17) is 16.3 Å². The number of benzene rings is 2. The second kappa shape index (κ2) is 6.57. The highest BCUT2D eigenvalue weighted by molar-refractivity contribution is 6.59. The van der Waals surface area contributed by atoms with Crippen molar-refractivity contribution in [3.8, 4) is 5.75 Å². The summed E-state index contributed by atoms with van der Waals surface area (Å²) in [4.78, 5) is 11.9. The first kappa shape index (κ1) is 14.6. The van der Waals surface area contributed by atoms with Gasteiger partial charge >= 0.3 is 7.12 Å². The highest BCUT2D eigenvalue weighted by Gasteiger charge is 2.17. The molecule has 0 heterocycles. The smallest absolute Gasteiger partial charge is 0.486 e. The topological polar surface area (TPSA) is 66.8 Å². The van der Waals surface area contributed by atoms with E-state index >= 15 is 0 Å². The van der Waals surface area contributed by atoms with Gasteiger partial charge in [0.1, 0.15) is 5.75 Å². The van der Waals surface area contributed by atoms with Crippen molar-refractivity contribution in [1.82, 2.24) is 0 Å². The van der Waals surface area contributed by atoms with E-state index in [1.54, 1.807) is 42.5 Å². The number of ether oxygens (including phenoxy) is 1. The molecule has 2 aromatic carbocycles. The SMILES string of the molecule is O=C(COc1ccccc1B(O)O)c1ccc(Cl)cc1. The minimum atomic E-state index is -1.64. The number of hydrogen-bond donors (Lipinski definition) is 2. The van der Waals surface area contributed by atoms with Gasteiger partial charge in [0.15, 0.2) is 12.4 Å². The lowest BCUT2D eigenvalue weighted by Crippen LogP contribution is -2.32.